The van der Waals surface area contributed by atoms with E-state index in [0.29, 0.717) is 31.9 Å². The molecule has 5 heteroatoms. The first kappa shape index (κ1) is 16.6. The van der Waals surface area contributed by atoms with Crippen molar-refractivity contribution in [3.63, 3.8) is 0 Å². The Morgan fingerprint density at radius 2 is 2.05 bits per heavy atom. The Kier molecular flexibility index (Phi) is 7.89. The fraction of sp³-hybridized carbons (Fsp3) is 0.938. The van der Waals surface area contributed by atoms with E-state index >= 15 is 0 Å². The summed E-state index contributed by atoms with van der Waals surface area (Å²) in [6.45, 7) is 5.97. The molecular formula is C16H31N3O2. The van der Waals surface area contributed by atoms with E-state index in [-0.39, 0.29) is 0 Å². The highest BCUT2D eigenvalue weighted by Gasteiger charge is 2.15. The molecular weight excluding hydrogens is 266 g/mol. The first-order chi connectivity index (χ1) is 10.4. The van der Waals surface area contributed by atoms with Crippen molar-refractivity contribution in [1.82, 2.24) is 10.6 Å². The lowest BCUT2D eigenvalue weighted by Crippen LogP contribution is -2.44. The van der Waals surface area contributed by atoms with Crippen molar-refractivity contribution >= 4 is 5.96 Å². The molecule has 1 saturated carbocycles. The number of hydrogen-bond donors (Lipinski definition) is 2. The van der Waals surface area contributed by atoms with Crippen molar-refractivity contribution in [1.29, 1.82) is 0 Å². The molecule has 21 heavy (non-hydrogen) atoms. The Hall–Kier alpha value is -0.810. The SMILES string of the molecule is CCNC(=NCCOCC1CCCO1)NC1CCCCC1. The van der Waals surface area contributed by atoms with E-state index in [1.807, 2.05) is 0 Å². The van der Waals surface area contributed by atoms with Crippen LogP contribution in [-0.2, 0) is 9.47 Å². The average molecular weight is 297 g/mol. The van der Waals surface area contributed by atoms with E-state index in [2.05, 4.69) is 22.5 Å². The van der Waals surface area contributed by atoms with Crippen LogP contribution in [0.15, 0.2) is 4.99 Å². The summed E-state index contributed by atoms with van der Waals surface area (Å²) in [6, 6.07) is 0.587. The largest absolute Gasteiger partial charge is 0.377 e. The maximum Gasteiger partial charge on any atom is 0.191 e. The summed E-state index contributed by atoms with van der Waals surface area (Å²) in [7, 11) is 0. The lowest BCUT2D eigenvalue weighted by atomic mass is 9.96. The van der Waals surface area contributed by atoms with Crippen LogP contribution in [-0.4, -0.2) is 51.0 Å². The number of aliphatic imine (C=N–C) groups is 1. The molecule has 2 N–H and O–H groups in total. The minimum absolute atomic E-state index is 0.308. The molecule has 2 rings (SSSR count). The number of nitrogens with one attached hydrogen (secondary N) is 2. The molecule has 0 aromatic carbocycles. The molecule has 0 amide bonds. The van der Waals surface area contributed by atoms with Crippen molar-refractivity contribution < 1.29 is 9.47 Å². The summed E-state index contributed by atoms with van der Waals surface area (Å²) in [5.41, 5.74) is 0. The third-order valence-corrected chi connectivity index (χ3v) is 4.12. The van der Waals surface area contributed by atoms with E-state index in [1.54, 1.807) is 0 Å². The Bertz CT molecular complexity index is 298. The smallest absolute Gasteiger partial charge is 0.191 e. The van der Waals surface area contributed by atoms with Crippen LogP contribution in [0, 0.1) is 0 Å². The molecule has 2 aliphatic rings. The van der Waals surface area contributed by atoms with Crippen molar-refractivity contribution in [2.24, 2.45) is 4.99 Å². The molecule has 1 atom stereocenters. The summed E-state index contributed by atoms with van der Waals surface area (Å²) in [5, 5.41) is 6.87. The van der Waals surface area contributed by atoms with Crippen LogP contribution in [0.25, 0.3) is 0 Å². The third-order valence-electron chi connectivity index (χ3n) is 4.12. The summed E-state index contributed by atoms with van der Waals surface area (Å²) < 4.78 is 11.2. The Labute approximate surface area is 128 Å². The molecule has 1 heterocycles. The van der Waals surface area contributed by atoms with E-state index < -0.39 is 0 Å². The summed E-state index contributed by atoms with van der Waals surface area (Å²) in [5.74, 6) is 0.935. The monoisotopic (exact) mass is 297 g/mol. The normalized spacial score (nSPS) is 24.2. The lowest BCUT2D eigenvalue weighted by Gasteiger charge is -2.24. The first-order valence-corrected chi connectivity index (χ1v) is 8.62. The number of hydrogen-bond acceptors (Lipinski definition) is 3. The van der Waals surface area contributed by atoms with Gasteiger partial charge in [-0.3, -0.25) is 4.99 Å². The minimum Gasteiger partial charge on any atom is -0.377 e. The van der Waals surface area contributed by atoms with Gasteiger partial charge in [-0.1, -0.05) is 19.3 Å². The van der Waals surface area contributed by atoms with Gasteiger partial charge in [-0.05, 0) is 32.6 Å². The highest BCUT2D eigenvalue weighted by Crippen LogP contribution is 2.17. The zero-order valence-electron chi connectivity index (χ0n) is 13.4. The van der Waals surface area contributed by atoms with Gasteiger partial charge < -0.3 is 20.1 Å². The van der Waals surface area contributed by atoms with E-state index in [4.69, 9.17) is 9.47 Å². The third kappa shape index (κ3) is 6.66. The lowest BCUT2D eigenvalue weighted by molar-refractivity contribution is 0.0200. The molecule has 0 bridgehead atoms. The Balaban J connectivity index is 1.61. The summed E-state index contributed by atoms with van der Waals surface area (Å²) >= 11 is 0. The molecule has 0 spiro atoms. The van der Waals surface area contributed by atoms with Gasteiger partial charge >= 0.3 is 0 Å². The molecule has 1 unspecified atom stereocenters. The van der Waals surface area contributed by atoms with Crippen molar-refractivity contribution in [2.45, 2.75) is 64.0 Å². The molecule has 0 aromatic heterocycles. The fourth-order valence-corrected chi connectivity index (χ4v) is 2.97. The second-order valence-electron chi connectivity index (χ2n) is 5.95. The highest BCUT2D eigenvalue weighted by atomic mass is 16.5. The van der Waals surface area contributed by atoms with Crippen LogP contribution in [0.4, 0.5) is 0 Å². The zero-order chi connectivity index (χ0) is 14.8. The first-order valence-electron chi connectivity index (χ1n) is 8.62. The Morgan fingerprint density at radius 3 is 2.76 bits per heavy atom. The van der Waals surface area contributed by atoms with E-state index in [9.17, 15) is 0 Å². The van der Waals surface area contributed by atoms with Gasteiger partial charge in [0.15, 0.2) is 5.96 Å². The predicted molar refractivity (Wildman–Crippen MR) is 85.8 cm³/mol. The van der Waals surface area contributed by atoms with Gasteiger partial charge in [-0.15, -0.1) is 0 Å². The number of nitrogens with zero attached hydrogens (tertiary/aromatic N) is 1. The van der Waals surface area contributed by atoms with Crippen molar-refractivity contribution in [3.8, 4) is 0 Å². The summed E-state index contributed by atoms with van der Waals surface area (Å²) in [4.78, 5) is 4.60. The van der Waals surface area contributed by atoms with Crippen LogP contribution < -0.4 is 10.6 Å². The molecule has 0 aromatic rings. The van der Waals surface area contributed by atoms with Crippen LogP contribution in [0.2, 0.25) is 0 Å². The number of ether oxygens (including phenoxy) is 2. The molecule has 5 nitrogen and oxygen atoms in total. The van der Waals surface area contributed by atoms with Crippen molar-refractivity contribution in [2.75, 3.05) is 32.9 Å². The summed E-state index contributed by atoms with van der Waals surface area (Å²) in [6.07, 6.45) is 9.19. The van der Waals surface area contributed by atoms with Gasteiger partial charge in [0.2, 0.25) is 0 Å². The molecule has 1 aliphatic heterocycles. The van der Waals surface area contributed by atoms with Crippen LogP contribution in [0.5, 0.6) is 0 Å². The van der Waals surface area contributed by atoms with Gasteiger partial charge in [0, 0.05) is 19.2 Å². The molecule has 122 valence electrons. The van der Waals surface area contributed by atoms with Crippen molar-refractivity contribution in [3.05, 3.63) is 0 Å². The standard InChI is InChI=1S/C16H31N3O2/c1-2-17-16(19-14-7-4-3-5-8-14)18-10-12-20-13-15-9-6-11-21-15/h14-15H,2-13H2,1H3,(H2,17,18,19). The fourth-order valence-electron chi connectivity index (χ4n) is 2.97. The van der Waals surface area contributed by atoms with Gasteiger partial charge in [0.25, 0.3) is 0 Å². The van der Waals surface area contributed by atoms with Crippen LogP contribution in [0.1, 0.15) is 51.9 Å². The zero-order valence-corrected chi connectivity index (χ0v) is 13.4. The van der Waals surface area contributed by atoms with Crippen LogP contribution in [0.3, 0.4) is 0 Å². The quantitative estimate of drug-likeness (QED) is 0.429. The molecule has 2 fully saturated rings. The maximum absolute atomic E-state index is 5.65. The van der Waals surface area contributed by atoms with E-state index in [0.717, 1.165) is 25.5 Å². The second-order valence-corrected chi connectivity index (χ2v) is 5.95. The number of rotatable bonds is 7. The van der Waals surface area contributed by atoms with Gasteiger partial charge in [0.1, 0.15) is 0 Å². The molecule has 0 radical (unpaired) electrons. The average Bonchev–Trinajstić information content (AvgIpc) is 3.01. The molecule has 1 aliphatic carbocycles. The number of guanidine groups is 1. The van der Waals surface area contributed by atoms with Crippen LogP contribution >= 0.6 is 0 Å². The van der Waals surface area contributed by atoms with Gasteiger partial charge in [-0.2, -0.15) is 0 Å². The van der Waals surface area contributed by atoms with E-state index in [1.165, 1.54) is 38.5 Å². The topological polar surface area (TPSA) is 54.9 Å². The second kappa shape index (κ2) is 10.0. The Morgan fingerprint density at radius 1 is 1.19 bits per heavy atom. The highest BCUT2D eigenvalue weighted by molar-refractivity contribution is 5.80. The maximum atomic E-state index is 5.65. The predicted octanol–water partition coefficient (Wildman–Crippen LogP) is 2.07. The molecule has 1 saturated heterocycles. The van der Waals surface area contributed by atoms with Gasteiger partial charge in [0.05, 0.1) is 25.9 Å². The van der Waals surface area contributed by atoms with Gasteiger partial charge in [-0.25, -0.2) is 0 Å². The minimum atomic E-state index is 0.308.